The average molecular weight is 476 g/mol. The molecule has 0 saturated heterocycles. The third-order valence-corrected chi connectivity index (χ3v) is 6.92. The van der Waals surface area contributed by atoms with Gasteiger partial charge in [0.15, 0.2) is 0 Å². The van der Waals surface area contributed by atoms with Gasteiger partial charge in [-0.2, -0.15) is 5.10 Å². The molecule has 1 unspecified atom stereocenters. The number of aromatic nitrogens is 2. The molecule has 166 valence electrons. The summed E-state index contributed by atoms with van der Waals surface area (Å²) < 4.78 is 5.28. The smallest absolute Gasteiger partial charge is 0.273 e. The van der Waals surface area contributed by atoms with Crippen LogP contribution < -0.4 is 4.74 Å². The van der Waals surface area contributed by atoms with Crippen molar-refractivity contribution < 1.29 is 9.53 Å². The number of hydrogen-bond donors (Lipinski definition) is 1. The summed E-state index contributed by atoms with van der Waals surface area (Å²) in [7, 11) is 1.64. The summed E-state index contributed by atoms with van der Waals surface area (Å²) in [6, 6.07) is 23.5. The summed E-state index contributed by atoms with van der Waals surface area (Å²) in [5, 5.41) is 8.19. The Morgan fingerprint density at radius 1 is 1.03 bits per heavy atom. The topological polar surface area (TPSA) is 58.2 Å². The highest BCUT2D eigenvalue weighted by molar-refractivity contribution is 7.98. The molecule has 0 saturated carbocycles. The third kappa shape index (κ3) is 4.01. The normalized spacial score (nSPS) is 15.1. The number of halogens is 1. The maximum atomic E-state index is 13.5. The first kappa shape index (κ1) is 21.6. The second-order valence-electron chi connectivity index (χ2n) is 7.82. The molecule has 0 spiro atoms. The first-order valence-electron chi connectivity index (χ1n) is 10.5. The van der Waals surface area contributed by atoms with Crippen LogP contribution in [0.15, 0.2) is 77.7 Å². The molecule has 4 aromatic rings. The molecule has 0 bridgehead atoms. The highest BCUT2D eigenvalue weighted by atomic mass is 35.5. The number of thioether (sulfide) groups is 1. The van der Waals surface area contributed by atoms with E-state index < -0.39 is 0 Å². The van der Waals surface area contributed by atoms with Crippen molar-refractivity contribution in [2.24, 2.45) is 0 Å². The van der Waals surface area contributed by atoms with Gasteiger partial charge in [-0.3, -0.25) is 9.89 Å². The Morgan fingerprint density at radius 2 is 1.73 bits per heavy atom. The molecular weight excluding hydrogens is 454 g/mol. The molecule has 1 aliphatic rings. The fourth-order valence-corrected chi connectivity index (χ4v) is 4.78. The van der Waals surface area contributed by atoms with Gasteiger partial charge in [0, 0.05) is 27.6 Å². The minimum absolute atomic E-state index is 0.0625. The Bertz CT molecular complexity index is 1280. The van der Waals surface area contributed by atoms with Gasteiger partial charge in [0.2, 0.25) is 0 Å². The lowest BCUT2D eigenvalue weighted by Crippen LogP contribution is -2.29. The minimum atomic E-state index is -0.255. The number of aromatic amines is 1. The zero-order valence-corrected chi connectivity index (χ0v) is 19.8. The van der Waals surface area contributed by atoms with Gasteiger partial charge >= 0.3 is 0 Å². The molecular formula is C26H22ClN3O2S. The minimum Gasteiger partial charge on any atom is -0.497 e. The maximum absolute atomic E-state index is 13.5. The fourth-order valence-electron chi connectivity index (χ4n) is 4.25. The van der Waals surface area contributed by atoms with Crippen LogP contribution in [-0.4, -0.2) is 34.4 Å². The van der Waals surface area contributed by atoms with Gasteiger partial charge in [-0.25, -0.2) is 0 Å². The van der Waals surface area contributed by atoms with E-state index in [0.29, 0.717) is 17.3 Å². The van der Waals surface area contributed by atoms with Crippen molar-refractivity contribution in [3.63, 3.8) is 0 Å². The number of nitrogens with zero attached hydrogens (tertiary/aromatic N) is 2. The largest absolute Gasteiger partial charge is 0.497 e. The standard InChI is InChI=1S/C26H22ClN3O2S/c1-32-20-11-3-16(4-12-20)15-30-25(18-7-13-21(33-2)14-8-18)22-23(28-29-24(22)26(30)31)17-5-9-19(27)10-6-17/h3-14,25H,15H2,1-2H3,(H,28,29). The van der Waals surface area contributed by atoms with Gasteiger partial charge in [-0.05, 0) is 53.8 Å². The molecule has 1 amide bonds. The number of benzene rings is 3. The van der Waals surface area contributed by atoms with E-state index in [0.717, 1.165) is 33.7 Å². The van der Waals surface area contributed by atoms with E-state index in [2.05, 4.69) is 40.7 Å². The molecule has 7 heteroatoms. The number of rotatable bonds is 6. The van der Waals surface area contributed by atoms with E-state index in [-0.39, 0.29) is 11.9 Å². The predicted molar refractivity (Wildman–Crippen MR) is 132 cm³/mol. The number of H-pyrrole nitrogens is 1. The van der Waals surface area contributed by atoms with Crippen LogP contribution in [0.3, 0.4) is 0 Å². The highest BCUT2D eigenvalue weighted by Crippen LogP contribution is 2.43. The van der Waals surface area contributed by atoms with E-state index in [1.54, 1.807) is 18.9 Å². The summed E-state index contributed by atoms with van der Waals surface area (Å²) >= 11 is 7.79. The zero-order chi connectivity index (χ0) is 22.9. The van der Waals surface area contributed by atoms with E-state index in [4.69, 9.17) is 16.3 Å². The Morgan fingerprint density at radius 3 is 2.36 bits per heavy atom. The SMILES string of the molecule is COc1ccc(CN2C(=O)c3[nH]nc(-c4ccc(Cl)cc4)c3C2c2ccc(SC)cc2)cc1. The van der Waals surface area contributed by atoms with Gasteiger partial charge in [0.25, 0.3) is 5.91 Å². The Hall–Kier alpha value is -3.22. The van der Waals surface area contributed by atoms with E-state index in [1.807, 2.05) is 53.4 Å². The van der Waals surface area contributed by atoms with Gasteiger partial charge in [-0.1, -0.05) is 48.0 Å². The maximum Gasteiger partial charge on any atom is 0.273 e. The van der Waals surface area contributed by atoms with Crippen LogP contribution >= 0.6 is 23.4 Å². The molecule has 2 heterocycles. The van der Waals surface area contributed by atoms with Crippen molar-refractivity contribution in [3.8, 4) is 17.0 Å². The predicted octanol–water partition coefficient (Wildman–Crippen LogP) is 6.21. The zero-order valence-electron chi connectivity index (χ0n) is 18.2. The van der Waals surface area contributed by atoms with Crippen LogP contribution in [0.25, 0.3) is 11.3 Å². The second-order valence-corrected chi connectivity index (χ2v) is 9.14. The summed E-state index contributed by atoms with van der Waals surface area (Å²) in [6.45, 7) is 0.473. The number of carbonyl (C=O) groups excluding carboxylic acids is 1. The first-order chi connectivity index (χ1) is 16.1. The van der Waals surface area contributed by atoms with Crippen molar-refractivity contribution in [2.75, 3.05) is 13.4 Å². The average Bonchev–Trinajstić information content (AvgIpc) is 3.39. The van der Waals surface area contributed by atoms with E-state index >= 15 is 0 Å². The number of amides is 1. The lowest BCUT2D eigenvalue weighted by molar-refractivity contribution is 0.0730. The summed E-state index contributed by atoms with van der Waals surface area (Å²) in [4.78, 5) is 16.6. The van der Waals surface area contributed by atoms with Crippen LogP contribution in [0, 0.1) is 0 Å². The van der Waals surface area contributed by atoms with Crippen molar-refractivity contribution in [2.45, 2.75) is 17.5 Å². The molecule has 33 heavy (non-hydrogen) atoms. The molecule has 5 rings (SSSR count). The van der Waals surface area contributed by atoms with Crippen molar-refractivity contribution in [1.82, 2.24) is 15.1 Å². The molecule has 5 nitrogen and oxygen atoms in total. The fraction of sp³-hybridized carbons (Fsp3) is 0.154. The Kier molecular flexibility index (Phi) is 5.87. The molecule has 0 fully saturated rings. The van der Waals surface area contributed by atoms with Gasteiger partial charge in [0.05, 0.1) is 18.8 Å². The van der Waals surface area contributed by atoms with E-state index in [1.165, 1.54) is 4.90 Å². The van der Waals surface area contributed by atoms with Crippen molar-refractivity contribution in [3.05, 3.63) is 100 Å². The monoisotopic (exact) mass is 475 g/mol. The van der Waals surface area contributed by atoms with Crippen LogP contribution in [0.1, 0.15) is 33.2 Å². The molecule has 1 N–H and O–H groups in total. The lowest BCUT2D eigenvalue weighted by Gasteiger charge is -2.26. The number of ether oxygens (including phenoxy) is 1. The molecule has 1 aliphatic heterocycles. The number of methoxy groups -OCH3 is 1. The number of nitrogens with one attached hydrogen (secondary N) is 1. The summed E-state index contributed by atoms with van der Waals surface area (Å²) in [5.74, 6) is 0.725. The molecule has 1 atom stereocenters. The second kappa shape index (κ2) is 8.96. The van der Waals surface area contributed by atoms with Crippen molar-refractivity contribution in [1.29, 1.82) is 0 Å². The van der Waals surface area contributed by atoms with Gasteiger partial charge < -0.3 is 9.64 Å². The number of carbonyl (C=O) groups is 1. The van der Waals surface area contributed by atoms with Crippen molar-refractivity contribution >= 4 is 29.3 Å². The number of fused-ring (bicyclic) bond motifs is 1. The summed E-state index contributed by atoms with van der Waals surface area (Å²) in [5.41, 5.74) is 5.19. The third-order valence-electron chi connectivity index (χ3n) is 5.92. The number of hydrogen-bond acceptors (Lipinski definition) is 4. The molecule has 1 aromatic heterocycles. The summed E-state index contributed by atoms with van der Waals surface area (Å²) in [6.07, 6.45) is 2.05. The Labute approximate surface area is 201 Å². The van der Waals surface area contributed by atoms with Crippen LogP contribution in [0.2, 0.25) is 5.02 Å². The van der Waals surface area contributed by atoms with E-state index in [9.17, 15) is 4.79 Å². The van der Waals surface area contributed by atoms with Gasteiger partial charge in [0.1, 0.15) is 11.4 Å². The van der Waals surface area contributed by atoms with Crippen LogP contribution in [-0.2, 0) is 6.54 Å². The molecule has 3 aromatic carbocycles. The molecule has 0 radical (unpaired) electrons. The quantitative estimate of drug-likeness (QED) is 0.337. The highest BCUT2D eigenvalue weighted by Gasteiger charge is 2.42. The molecule has 0 aliphatic carbocycles. The van der Waals surface area contributed by atoms with Gasteiger partial charge in [-0.15, -0.1) is 11.8 Å². The van der Waals surface area contributed by atoms with Crippen LogP contribution in [0.4, 0.5) is 0 Å². The lowest BCUT2D eigenvalue weighted by atomic mass is 9.96. The first-order valence-corrected chi connectivity index (χ1v) is 12.1. The Balaban J connectivity index is 1.60. The van der Waals surface area contributed by atoms with Crippen LogP contribution in [0.5, 0.6) is 5.75 Å².